The SMILES string of the molecule is C=CC(C)(CI)OC. The molecule has 2 heteroatoms. The lowest BCUT2D eigenvalue weighted by Gasteiger charge is -2.19. The standard InChI is InChI=1S/C6H11IO/c1-4-6(2,5-7)8-3/h4H,1,5H2,2-3H3. The van der Waals surface area contributed by atoms with Crippen molar-refractivity contribution in [3.8, 4) is 0 Å². The van der Waals surface area contributed by atoms with E-state index in [1.165, 1.54) is 0 Å². The van der Waals surface area contributed by atoms with E-state index >= 15 is 0 Å². The van der Waals surface area contributed by atoms with Crippen molar-refractivity contribution in [2.75, 3.05) is 11.5 Å². The Morgan fingerprint density at radius 1 is 1.88 bits per heavy atom. The van der Waals surface area contributed by atoms with E-state index in [1.54, 1.807) is 7.11 Å². The van der Waals surface area contributed by atoms with Crippen molar-refractivity contribution < 1.29 is 4.74 Å². The van der Waals surface area contributed by atoms with Crippen LogP contribution in [0.3, 0.4) is 0 Å². The van der Waals surface area contributed by atoms with Crippen molar-refractivity contribution in [1.82, 2.24) is 0 Å². The molecule has 1 nitrogen and oxygen atoms in total. The van der Waals surface area contributed by atoms with Gasteiger partial charge in [0, 0.05) is 11.5 Å². The Hall–Kier alpha value is 0.430. The molecule has 0 aromatic rings. The summed E-state index contributed by atoms with van der Waals surface area (Å²) in [4.78, 5) is 0. The lowest BCUT2D eigenvalue weighted by Crippen LogP contribution is -2.25. The van der Waals surface area contributed by atoms with Crippen LogP contribution in [0.2, 0.25) is 0 Å². The van der Waals surface area contributed by atoms with Crippen LogP contribution in [-0.2, 0) is 4.74 Å². The van der Waals surface area contributed by atoms with Gasteiger partial charge in [-0.2, -0.15) is 0 Å². The number of halogens is 1. The highest BCUT2D eigenvalue weighted by atomic mass is 127. The Morgan fingerprint density at radius 2 is 2.38 bits per heavy atom. The molecular formula is C6H11IO. The lowest BCUT2D eigenvalue weighted by atomic mass is 10.1. The van der Waals surface area contributed by atoms with Crippen LogP contribution < -0.4 is 0 Å². The minimum Gasteiger partial charge on any atom is -0.374 e. The predicted molar refractivity (Wildman–Crippen MR) is 44.5 cm³/mol. The normalized spacial score (nSPS) is 17.4. The molecule has 0 aromatic carbocycles. The maximum atomic E-state index is 5.11. The fourth-order valence-corrected chi connectivity index (χ4v) is 0.815. The van der Waals surface area contributed by atoms with Crippen LogP contribution in [0.5, 0.6) is 0 Å². The third-order valence-corrected chi connectivity index (χ3v) is 2.68. The van der Waals surface area contributed by atoms with Gasteiger partial charge in [-0.15, -0.1) is 6.58 Å². The van der Waals surface area contributed by atoms with Gasteiger partial charge in [-0.1, -0.05) is 28.7 Å². The largest absolute Gasteiger partial charge is 0.374 e. The highest BCUT2D eigenvalue weighted by molar-refractivity contribution is 14.1. The minimum atomic E-state index is -0.124. The van der Waals surface area contributed by atoms with Crippen molar-refractivity contribution >= 4 is 22.6 Å². The van der Waals surface area contributed by atoms with E-state index in [9.17, 15) is 0 Å². The molecule has 8 heavy (non-hydrogen) atoms. The van der Waals surface area contributed by atoms with Crippen LogP contribution in [0.15, 0.2) is 12.7 Å². The third-order valence-electron chi connectivity index (χ3n) is 1.16. The number of rotatable bonds is 3. The average Bonchev–Trinajstić information content (AvgIpc) is 1.87. The molecule has 0 rings (SSSR count). The second kappa shape index (κ2) is 3.45. The Morgan fingerprint density at radius 3 is 2.38 bits per heavy atom. The highest BCUT2D eigenvalue weighted by Crippen LogP contribution is 2.12. The molecule has 0 fully saturated rings. The summed E-state index contributed by atoms with van der Waals surface area (Å²) in [7, 11) is 1.69. The molecule has 0 aliphatic carbocycles. The quantitative estimate of drug-likeness (QED) is 0.406. The second-order valence-corrected chi connectivity index (χ2v) is 2.62. The van der Waals surface area contributed by atoms with E-state index in [0.29, 0.717) is 0 Å². The van der Waals surface area contributed by atoms with Gasteiger partial charge in [0.05, 0.1) is 5.60 Å². The molecule has 0 aromatic heterocycles. The first kappa shape index (κ1) is 8.43. The minimum absolute atomic E-state index is 0.124. The summed E-state index contributed by atoms with van der Waals surface area (Å²) in [5.74, 6) is 0. The summed E-state index contributed by atoms with van der Waals surface area (Å²) in [6.45, 7) is 5.65. The summed E-state index contributed by atoms with van der Waals surface area (Å²) in [5.41, 5.74) is -0.124. The molecule has 0 bridgehead atoms. The van der Waals surface area contributed by atoms with Gasteiger partial charge in [0.25, 0.3) is 0 Å². The zero-order valence-electron chi connectivity index (χ0n) is 5.28. The summed E-state index contributed by atoms with van der Waals surface area (Å²) in [6, 6.07) is 0. The molecule has 0 aliphatic heterocycles. The molecule has 0 spiro atoms. The topological polar surface area (TPSA) is 9.23 Å². The smallest absolute Gasteiger partial charge is 0.0917 e. The number of ether oxygens (including phenoxy) is 1. The molecule has 0 saturated carbocycles. The van der Waals surface area contributed by atoms with Gasteiger partial charge < -0.3 is 4.74 Å². The number of methoxy groups -OCH3 is 1. The maximum absolute atomic E-state index is 5.11. The van der Waals surface area contributed by atoms with Gasteiger partial charge in [0.1, 0.15) is 0 Å². The monoisotopic (exact) mass is 226 g/mol. The van der Waals surface area contributed by atoms with Gasteiger partial charge in [-0.25, -0.2) is 0 Å². The van der Waals surface area contributed by atoms with Crippen molar-refractivity contribution in [2.45, 2.75) is 12.5 Å². The Bertz CT molecular complexity index is 76.6. The van der Waals surface area contributed by atoms with Gasteiger partial charge in [-0.3, -0.25) is 0 Å². The van der Waals surface area contributed by atoms with E-state index in [0.717, 1.165) is 4.43 Å². The van der Waals surface area contributed by atoms with Crippen LogP contribution >= 0.6 is 22.6 Å². The number of hydrogen-bond acceptors (Lipinski definition) is 1. The first-order valence-electron chi connectivity index (χ1n) is 2.43. The number of alkyl halides is 1. The first-order chi connectivity index (χ1) is 3.68. The molecule has 0 radical (unpaired) electrons. The van der Waals surface area contributed by atoms with E-state index in [4.69, 9.17) is 4.74 Å². The van der Waals surface area contributed by atoms with Crippen LogP contribution in [0.4, 0.5) is 0 Å². The zero-order chi connectivity index (χ0) is 6.62. The second-order valence-electron chi connectivity index (χ2n) is 1.85. The molecule has 0 saturated heterocycles. The lowest BCUT2D eigenvalue weighted by molar-refractivity contribution is 0.0726. The van der Waals surface area contributed by atoms with Crippen LogP contribution in [0.1, 0.15) is 6.92 Å². The van der Waals surface area contributed by atoms with Crippen molar-refractivity contribution in [2.24, 2.45) is 0 Å². The molecular weight excluding hydrogens is 215 g/mol. The van der Waals surface area contributed by atoms with Gasteiger partial charge in [-0.05, 0) is 6.92 Å². The van der Waals surface area contributed by atoms with E-state index < -0.39 is 0 Å². The fraction of sp³-hybridized carbons (Fsp3) is 0.667. The van der Waals surface area contributed by atoms with Crippen molar-refractivity contribution in [1.29, 1.82) is 0 Å². The highest BCUT2D eigenvalue weighted by Gasteiger charge is 2.15. The first-order valence-corrected chi connectivity index (χ1v) is 3.96. The van der Waals surface area contributed by atoms with Crippen LogP contribution in [0.25, 0.3) is 0 Å². The van der Waals surface area contributed by atoms with Crippen molar-refractivity contribution in [3.05, 3.63) is 12.7 Å². The summed E-state index contributed by atoms with van der Waals surface area (Å²) >= 11 is 2.27. The molecule has 0 heterocycles. The average molecular weight is 226 g/mol. The summed E-state index contributed by atoms with van der Waals surface area (Å²) in [5, 5.41) is 0. The van der Waals surface area contributed by atoms with Crippen LogP contribution in [-0.4, -0.2) is 17.1 Å². The zero-order valence-corrected chi connectivity index (χ0v) is 7.44. The van der Waals surface area contributed by atoms with Gasteiger partial charge in [0.2, 0.25) is 0 Å². The Labute approximate surface area is 64.2 Å². The van der Waals surface area contributed by atoms with Gasteiger partial charge in [0.15, 0.2) is 0 Å². The van der Waals surface area contributed by atoms with E-state index in [2.05, 4.69) is 29.2 Å². The van der Waals surface area contributed by atoms with Crippen molar-refractivity contribution in [3.63, 3.8) is 0 Å². The van der Waals surface area contributed by atoms with Crippen LogP contribution in [0, 0.1) is 0 Å². The fourth-order valence-electron chi connectivity index (χ4n) is 0.192. The molecule has 0 aliphatic rings. The summed E-state index contributed by atoms with van der Waals surface area (Å²) in [6.07, 6.45) is 1.82. The number of hydrogen-bond donors (Lipinski definition) is 0. The van der Waals surface area contributed by atoms with E-state index in [-0.39, 0.29) is 5.60 Å². The third kappa shape index (κ3) is 2.13. The Balaban J connectivity index is 3.76. The molecule has 48 valence electrons. The maximum Gasteiger partial charge on any atom is 0.0917 e. The predicted octanol–water partition coefficient (Wildman–Crippen LogP) is 2.01. The Kier molecular flexibility index (Phi) is 3.64. The van der Waals surface area contributed by atoms with E-state index in [1.807, 2.05) is 13.0 Å². The molecule has 0 amide bonds. The molecule has 1 atom stereocenters. The summed E-state index contributed by atoms with van der Waals surface area (Å²) < 4.78 is 6.06. The van der Waals surface area contributed by atoms with Gasteiger partial charge >= 0.3 is 0 Å². The molecule has 1 unspecified atom stereocenters. The molecule has 0 N–H and O–H groups in total.